The lowest BCUT2D eigenvalue weighted by molar-refractivity contribution is 0.0140. The van der Waals surface area contributed by atoms with E-state index in [-0.39, 0.29) is 31.2 Å². The third-order valence-corrected chi connectivity index (χ3v) is 5.83. The van der Waals surface area contributed by atoms with E-state index in [1.807, 2.05) is 36.4 Å². The second-order valence-corrected chi connectivity index (χ2v) is 7.80. The van der Waals surface area contributed by atoms with E-state index >= 15 is 0 Å². The minimum Gasteiger partial charge on any atom is -0.449 e. The van der Waals surface area contributed by atoms with Crippen LogP contribution < -0.4 is 5.32 Å². The van der Waals surface area contributed by atoms with Gasteiger partial charge in [0.05, 0.1) is 6.10 Å². The maximum atomic E-state index is 12.3. The van der Waals surface area contributed by atoms with Crippen LogP contribution in [0.25, 0.3) is 21.6 Å². The van der Waals surface area contributed by atoms with Crippen LogP contribution >= 0.6 is 0 Å². The van der Waals surface area contributed by atoms with Gasteiger partial charge in [-0.05, 0) is 39.8 Å². The molecule has 3 aromatic rings. The van der Waals surface area contributed by atoms with Gasteiger partial charge >= 0.3 is 6.09 Å². The third-order valence-electron chi connectivity index (χ3n) is 5.83. The van der Waals surface area contributed by atoms with Gasteiger partial charge in [0.1, 0.15) is 12.7 Å². The molecule has 1 aliphatic carbocycles. The van der Waals surface area contributed by atoms with Gasteiger partial charge < -0.3 is 20.3 Å². The summed E-state index contributed by atoms with van der Waals surface area (Å²) in [6.07, 6.45) is -2.91. The summed E-state index contributed by atoms with van der Waals surface area (Å²) in [5.74, 6) is -0.0345. The second-order valence-electron chi connectivity index (χ2n) is 7.80. The third kappa shape index (κ3) is 4.83. The molecule has 1 aliphatic rings. The van der Waals surface area contributed by atoms with Crippen LogP contribution in [0.5, 0.6) is 0 Å². The number of carbonyl (C=O) groups excluding carboxylic acids is 1. The molecule has 3 aromatic carbocycles. The largest absolute Gasteiger partial charge is 0.449 e. The summed E-state index contributed by atoms with van der Waals surface area (Å²) in [6, 6.07) is 22.7. The number of alkyl carbamates (subject to hydrolysis) is 1. The Morgan fingerprint density at radius 1 is 1.00 bits per heavy atom. The second kappa shape index (κ2) is 10.2. The number of nitrogens with one attached hydrogen (secondary N) is 1. The van der Waals surface area contributed by atoms with E-state index in [1.54, 1.807) is 24.3 Å². The Kier molecular flexibility index (Phi) is 6.90. The fourth-order valence-electron chi connectivity index (χ4n) is 4.21. The van der Waals surface area contributed by atoms with E-state index in [1.165, 1.54) is 0 Å². The van der Waals surface area contributed by atoms with E-state index in [2.05, 4.69) is 27.5 Å². The molecule has 0 saturated heterocycles. The maximum absolute atomic E-state index is 12.3. The number of hydrogen-bond acceptors (Lipinski definition) is 5. The first kappa shape index (κ1) is 22.4. The lowest BCUT2D eigenvalue weighted by Crippen LogP contribution is -2.30. The van der Waals surface area contributed by atoms with Crippen molar-refractivity contribution < 1.29 is 19.7 Å². The molecule has 168 valence electrons. The smallest absolute Gasteiger partial charge is 0.407 e. The number of rotatable bonds is 8. The van der Waals surface area contributed by atoms with Crippen LogP contribution in [0.1, 0.15) is 35.1 Å². The molecule has 0 spiro atoms. The number of fused-ring (bicyclic) bond motifs is 3. The normalized spacial score (nSPS) is 13.9. The van der Waals surface area contributed by atoms with Crippen molar-refractivity contribution in [2.75, 3.05) is 13.2 Å². The molecule has 0 radical (unpaired) electrons. The van der Waals surface area contributed by atoms with Crippen LogP contribution in [0.15, 0.2) is 77.9 Å². The van der Waals surface area contributed by atoms with Gasteiger partial charge in [-0.3, -0.25) is 0 Å². The Labute approximate surface area is 191 Å². The minimum atomic E-state index is -1.25. The molecule has 8 nitrogen and oxygen atoms in total. The van der Waals surface area contributed by atoms with Crippen LogP contribution in [0, 0.1) is 0 Å². The number of carbonyl (C=O) groups is 1. The molecule has 0 bridgehead atoms. The molecule has 0 fully saturated rings. The number of aliphatic hydroxyl groups is 2. The minimum absolute atomic E-state index is 0.0345. The van der Waals surface area contributed by atoms with E-state index in [0.29, 0.717) is 5.56 Å². The van der Waals surface area contributed by atoms with Crippen LogP contribution in [-0.4, -0.2) is 35.6 Å². The first-order valence-electron chi connectivity index (χ1n) is 10.7. The molecule has 2 unspecified atom stereocenters. The Hall–Kier alpha value is -3.84. The van der Waals surface area contributed by atoms with Gasteiger partial charge in [-0.25, -0.2) is 4.79 Å². The molecular weight excluding hydrogens is 420 g/mol. The van der Waals surface area contributed by atoms with Crippen molar-refractivity contribution >= 4 is 11.8 Å². The van der Waals surface area contributed by atoms with E-state index in [9.17, 15) is 15.0 Å². The number of hydrogen-bond donors (Lipinski definition) is 3. The van der Waals surface area contributed by atoms with Gasteiger partial charge in [0.2, 0.25) is 0 Å². The molecule has 0 heterocycles. The predicted molar refractivity (Wildman–Crippen MR) is 124 cm³/mol. The SMILES string of the molecule is [N-]=[N+]=Nc1ccccc1C(O)C(O)CCNC(=O)OCC1c2ccccc2-c2ccccc21. The molecular formula is C25H24N4O4. The zero-order valence-electron chi connectivity index (χ0n) is 17.8. The lowest BCUT2D eigenvalue weighted by Gasteiger charge is -2.20. The molecule has 4 rings (SSSR count). The zero-order chi connectivity index (χ0) is 23.2. The molecule has 0 aliphatic heterocycles. The maximum Gasteiger partial charge on any atom is 0.407 e. The standard InChI is InChI=1S/C25H24N4O4/c26-29-28-22-12-6-5-11-20(22)24(31)23(30)13-14-27-25(32)33-15-21-18-9-3-1-7-16(18)17-8-2-4-10-19(17)21/h1-12,21,23-24,30-31H,13-15H2,(H,27,32). The van der Waals surface area contributed by atoms with Crippen LogP contribution in [0.3, 0.4) is 0 Å². The van der Waals surface area contributed by atoms with Crippen LogP contribution in [0.2, 0.25) is 0 Å². The number of aliphatic hydroxyl groups excluding tert-OH is 2. The van der Waals surface area contributed by atoms with Gasteiger partial charge in [0.25, 0.3) is 0 Å². The highest BCUT2D eigenvalue weighted by Gasteiger charge is 2.29. The quantitative estimate of drug-likeness (QED) is 0.258. The van der Waals surface area contributed by atoms with Crippen molar-refractivity contribution in [3.63, 3.8) is 0 Å². The van der Waals surface area contributed by atoms with Gasteiger partial charge in [-0.1, -0.05) is 77.9 Å². The van der Waals surface area contributed by atoms with Gasteiger partial charge in [-0.15, -0.1) is 0 Å². The summed E-state index contributed by atoms with van der Waals surface area (Å²) in [5, 5.41) is 26.9. The van der Waals surface area contributed by atoms with Crippen LogP contribution in [0.4, 0.5) is 10.5 Å². The average molecular weight is 444 g/mol. The van der Waals surface area contributed by atoms with Gasteiger partial charge in [0, 0.05) is 23.1 Å². The Balaban J connectivity index is 1.30. The first-order valence-corrected chi connectivity index (χ1v) is 10.7. The van der Waals surface area contributed by atoms with E-state index in [4.69, 9.17) is 10.3 Å². The van der Waals surface area contributed by atoms with Gasteiger partial charge in [0.15, 0.2) is 0 Å². The fraction of sp³-hybridized carbons (Fsp3) is 0.240. The van der Waals surface area contributed by atoms with Crippen molar-refractivity contribution in [2.24, 2.45) is 5.11 Å². The number of amides is 1. The fourth-order valence-corrected chi connectivity index (χ4v) is 4.21. The molecule has 2 atom stereocenters. The number of benzene rings is 3. The summed E-state index contributed by atoms with van der Waals surface area (Å²) >= 11 is 0. The molecule has 8 heteroatoms. The molecule has 0 aromatic heterocycles. The average Bonchev–Trinajstić information content (AvgIpc) is 3.16. The topological polar surface area (TPSA) is 128 Å². The summed E-state index contributed by atoms with van der Waals surface area (Å²) in [4.78, 5) is 15.0. The number of azide groups is 1. The Bertz CT molecular complexity index is 1150. The lowest BCUT2D eigenvalue weighted by atomic mass is 9.98. The Morgan fingerprint density at radius 2 is 1.61 bits per heavy atom. The van der Waals surface area contributed by atoms with E-state index in [0.717, 1.165) is 22.3 Å². The summed E-state index contributed by atoms with van der Waals surface area (Å²) in [7, 11) is 0. The zero-order valence-corrected chi connectivity index (χ0v) is 17.8. The Morgan fingerprint density at radius 3 is 2.27 bits per heavy atom. The van der Waals surface area contributed by atoms with Crippen molar-refractivity contribution in [1.29, 1.82) is 0 Å². The summed E-state index contributed by atoms with van der Waals surface area (Å²) < 4.78 is 5.47. The molecule has 0 saturated carbocycles. The highest BCUT2D eigenvalue weighted by atomic mass is 16.5. The predicted octanol–water partition coefficient (Wildman–Crippen LogP) is 4.95. The molecule has 33 heavy (non-hydrogen) atoms. The highest BCUT2D eigenvalue weighted by molar-refractivity contribution is 5.79. The number of nitrogens with zero attached hydrogens (tertiary/aromatic N) is 3. The number of ether oxygens (including phenoxy) is 1. The summed E-state index contributed by atoms with van der Waals surface area (Å²) in [5.41, 5.74) is 13.8. The van der Waals surface area contributed by atoms with Crippen molar-refractivity contribution in [2.45, 2.75) is 24.5 Å². The molecule has 3 N–H and O–H groups in total. The molecule has 1 amide bonds. The first-order chi connectivity index (χ1) is 16.1. The summed E-state index contributed by atoms with van der Waals surface area (Å²) in [6.45, 7) is 0.309. The van der Waals surface area contributed by atoms with Crippen molar-refractivity contribution in [1.82, 2.24) is 5.32 Å². The van der Waals surface area contributed by atoms with Crippen LogP contribution in [-0.2, 0) is 4.74 Å². The van der Waals surface area contributed by atoms with Crippen molar-refractivity contribution in [3.8, 4) is 11.1 Å². The monoisotopic (exact) mass is 444 g/mol. The highest BCUT2D eigenvalue weighted by Crippen LogP contribution is 2.44. The van der Waals surface area contributed by atoms with E-state index < -0.39 is 18.3 Å². The van der Waals surface area contributed by atoms with Gasteiger partial charge in [-0.2, -0.15) is 0 Å². The van der Waals surface area contributed by atoms with Crippen molar-refractivity contribution in [3.05, 3.63) is 99.9 Å².